The molecule has 2 heterocycles. The monoisotopic (exact) mass is 538 g/mol. The summed E-state index contributed by atoms with van der Waals surface area (Å²) in [5, 5.41) is 28.0. The van der Waals surface area contributed by atoms with Crippen LogP contribution >= 0.6 is 39.1 Å². The van der Waals surface area contributed by atoms with Crippen molar-refractivity contribution in [2.75, 3.05) is 13.1 Å². The molecule has 2 aliphatic rings. The first-order chi connectivity index (χ1) is 15.3. The molecule has 0 aliphatic carbocycles. The maximum atomic E-state index is 12.3. The first kappa shape index (κ1) is 23.4. The molecule has 0 aromatic heterocycles. The molecule has 4 rings (SSSR count). The number of piperidine rings is 1. The van der Waals surface area contributed by atoms with Crippen LogP contribution in [0.3, 0.4) is 0 Å². The molecule has 168 valence electrons. The number of benzene rings is 2. The fourth-order valence-electron chi connectivity index (χ4n) is 4.43. The Kier molecular flexibility index (Phi) is 6.77. The van der Waals surface area contributed by atoms with E-state index >= 15 is 0 Å². The Labute approximate surface area is 205 Å². The van der Waals surface area contributed by atoms with Crippen molar-refractivity contribution in [3.05, 3.63) is 68.1 Å². The lowest BCUT2D eigenvalue weighted by molar-refractivity contribution is -0.129. The molecule has 2 N–H and O–H groups in total. The average Bonchev–Trinajstić information content (AvgIpc) is 3.11. The number of carboxylic acid groups (broad SMARTS) is 1. The van der Waals surface area contributed by atoms with E-state index in [0.717, 1.165) is 15.7 Å². The van der Waals surface area contributed by atoms with E-state index in [4.69, 9.17) is 28.3 Å². The summed E-state index contributed by atoms with van der Waals surface area (Å²) in [6.45, 7) is 2.97. The molecule has 1 fully saturated rings. The summed E-state index contributed by atoms with van der Waals surface area (Å²) in [5.41, 5.74) is 2.88. The predicted molar refractivity (Wildman–Crippen MR) is 131 cm³/mol. The number of hydrogen-bond acceptors (Lipinski definition) is 4. The third-order valence-corrected chi connectivity index (χ3v) is 6.96. The minimum atomic E-state index is -1.08. The highest BCUT2D eigenvalue weighted by molar-refractivity contribution is 9.10. The van der Waals surface area contributed by atoms with Crippen LogP contribution in [0.4, 0.5) is 5.69 Å². The zero-order chi connectivity index (χ0) is 23.0. The van der Waals surface area contributed by atoms with Crippen molar-refractivity contribution < 1.29 is 15.0 Å². The first-order valence-corrected chi connectivity index (χ1v) is 11.9. The lowest BCUT2D eigenvalue weighted by atomic mass is 10.00. The molecule has 0 radical (unpaired) electrons. The molecule has 9 heteroatoms. The number of carboxylic acids is 1. The van der Waals surface area contributed by atoms with Crippen LogP contribution in [0.1, 0.15) is 31.7 Å². The van der Waals surface area contributed by atoms with Gasteiger partial charge in [-0.05, 0) is 60.8 Å². The molecule has 1 unspecified atom stereocenters. The summed E-state index contributed by atoms with van der Waals surface area (Å²) >= 11 is 16.4. The maximum Gasteiger partial charge on any atom is 0.360 e. The van der Waals surface area contributed by atoms with Crippen molar-refractivity contribution in [2.24, 2.45) is 5.10 Å². The van der Waals surface area contributed by atoms with Crippen LogP contribution in [-0.2, 0) is 4.79 Å². The Hall–Kier alpha value is -1.74. The van der Waals surface area contributed by atoms with E-state index in [1.807, 2.05) is 31.2 Å². The number of aliphatic hydroxyl groups is 1. The number of aliphatic hydroxyl groups excluding tert-OH is 1. The van der Waals surface area contributed by atoms with Gasteiger partial charge in [0, 0.05) is 21.1 Å². The summed E-state index contributed by atoms with van der Waals surface area (Å²) in [6, 6.07) is 12.9. The second-order valence-corrected chi connectivity index (χ2v) is 9.58. The highest BCUT2D eigenvalue weighted by atomic mass is 79.9. The van der Waals surface area contributed by atoms with Crippen molar-refractivity contribution in [1.29, 1.82) is 0 Å². The molecule has 0 spiro atoms. The van der Waals surface area contributed by atoms with Crippen LogP contribution in [-0.4, -0.2) is 46.1 Å². The maximum absolute atomic E-state index is 12.3. The number of carbonyl (C=O) groups is 1. The molecule has 1 saturated heterocycles. The quantitative estimate of drug-likeness (QED) is 0.477. The van der Waals surface area contributed by atoms with Gasteiger partial charge in [0.1, 0.15) is 5.02 Å². The van der Waals surface area contributed by atoms with Crippen molar-refractivity contribution in [2.45, 2.75) is 32.3 Å². The molecule has 32 heavy (non-hydrogen) atoms. The molecule has 0 saturated carbocycles. The normalized spacial score (nSPS) is 22.3. The van der Waals surface area contributed by atoms with E-state index in [1.165, 1.54) is 0 Å². The van der Waals surface area contributed by atoms with E-state index in [2.05, 4.69) is 20.9 Å². The fraction of sp³-hybridized carbons (Fsp3) is 0.304. The summed E-state index contributed by atoms with van der Waals surface area (Å²) in [7, 11) is 0. The summed E-state index contributed by atoms with van der Waals surface area (Å²) < 4.78 is 0.718. The minimum absolute atomic E-state index is 0.0163. The SMILES string of the molecule is CCC1=C(c2ccc(Br)cc2)[N+](c2ccc(Cl)cc2Cl)(N2CCC(O)CC2)N=C1C(=O)O. The van der Waals surface area contributed by atoms with E-state index in [0.29, 0.717) is 53.7 Å². The van der Waals surface area contributed by atoms with Crippen molar-refractivity contribution in [3.8, 4) is 0 Å². The lowest BCUT2D eigenvalue weighted by Gasteiger charge is -2.42. The standard InChI is InChI=1S/C23H22BrCl2N3O3/c1-2-18-21(23(31)32)27-29(28-11-9-17(30)10-12-28,20-8-7-16(25)13-19(20)26)22(18)14-3-5-15(24)6-4-14/h3-8,13,17,30H,2,9-12H2,1H3/p+1. The number of nitrogens with zero attached hydrogens (tertiary/aromatic N) is 3. The second-order valence-electron chi connectivity index (χ2n) is 7.82. The van der Waals surface area contributed by atoms with Gasteiger partial charge in [0.15, 0.2) is 5.70 Å². The highest BCUT2D eigenvalue weighted by Crippen LogP contribution is 2.48. The predicted octanol–water partition coefficient (Wildman–Crippen LogP) is 5.71. The van der Waals surface area contributed by atoms with Crippen LogP contribution < -0.4 is 4.70 Å². The van der Waals surface area contributed by atoms with Gasteiger partial charge in [-0.15, -0.1) is 5.01 Å². The molecule has 0 amide bonds. The third kappa shape index (κ3) is 4.02. The molecule has 2 aromatic rings. The topological polar surface area (TPSA) is 73.1 Å². The van der Waals surface area contributed by atoms with Gasteiger partial charge in [0.2, 0.25) is 11.4 Å². The Balaban J connectivity index is 2.06. The molecule has 2 aromatic carbocycles. The van der Waals surface area contributed by atoms with Crippen LogP contribution in [0, 0.1) is 0 Å². The summed E-state index contributed by atoms with van der Waals surface area (Å²) in [5.74, 6) is -1.08. The Morgan fingerprint density at radius 3 is 2.41 bits per heavy atom. The number of rotatable bonds is 5. The zero-order valence-electron chi connectivity index (χ0n) is 17.4. The first-order valence-electron chi connectivity index (χ1n) is 10.4. The molecule has 0 bridgehead atoms. The van der Waals surface area contributed by atoms with Gasteiger partial charge < -0.3 is 10.2 Å². The smallest absolute Gasteiger partial charge is 0.360 e. The van der Waals surface area contributed by atoms with E-state index < -0.39 is 12.1 Å². The van der Waals surface area contributed by atoms with Crippen LogP contribution in [0.5, 0.6) is 0 Å². The highest BCUT2D eigenvalue weighted by Gasteiger charge is 2.54. The average molecular weight is 540 g/mol. The number of halogens is 3. The zero-order valence-corrected chi connectivity index (χ0v) is 20.5. The fourth-order valence-corrected chi connectivity index (χ4v) is 5.22. The largest absolute Gasteiger partial charge is 0.476 e. The number of quaternary nitrogens is 1. The second kappa shape index (κ2) is 9.25. The minimum Gasteiger partial charge on any atom is -0.476 e. The molecule has 1 atom stereocenters. The van der Waals surface area contributed by atoms with E-state index in [-0.39, 0.29) is 10.4 Å². The van der Waals surface area contributed by atoms with Crippen molar-refractivity contribution in [3.63, 3.8) is 0 Å². The van der Waals surface area contributed by atoms with Crippen LogP contribution in [0.15, 0.2) is 57.6 Å². The van der Waals surface area contributed by atoms with Gasteiger partial charge in [-0.2, -0.15) is 0 Å². The molecule has 6 nitrogen and oxygen atoms in total. The van der Waals surface area contributed by atoms with Gasteiger partial charge >= 0.3 is 5.97 Å². The number of aliphatic carboxylic acids is 1. The summed E-state index contributed by atoms with van der Waals surface area (Å²) in [4.78, 5) is 12.3. The van der Waals surface area contributed by atoms with Crippen molar-refractivity contribution >= 4 is 62.2 Å². The van der Waals surface area contributed by atoms with Gasteiger partial charge in [-0.3, -0.25) is 0 Å². The molecule has 2 aliphatic heterocycles. The Morgan fingerprint density at radius 2 is 1.84 bits per heavy atom. The van der Waals surface area contributed by atoms with Gasteiger partial charge in [0.25, 0.3) is 0 Å². The van der Waals surface area contributed by atoms with Crippen molar-refractivity contribution in [1.82, 2.24) is 9.71 Å². The van der Waals surface area contributed by atoms with Crippen LogP contribution in [0.2, 0.25) is 10.0 Å². The number of hydrogen-bond donors (Lipinski definition) is 2. The van der Waals surface area contributed by atoms with E-state index in [1.54, 1.807) is 18.2 Å². The summed E-state index contributed by atoms with van der Waals surface area (Å²) in [6.07, 6.45) is 1.19. The molecular weight excluding hydrogens is 517 g/mol. The van der Waals surface area contributed by atoms with Crippen LogP contribution in [0.25, 0.3) is 5.70 Å². The molecular formula is C23H23BrCl2N3O3+. The van der Waals surface area contributed by atoms with Gasteiger partial charge in [-0.1, -0.05) is 50.8 Å². The van der Waals surface area contributed by atoms with Gasteiger partial charge in [-0.25, -0.2) is 4.79 Å². The van der Waals surface area contributed by atoms with E-state index in [9.17, 15) is 15.0 Å². The lowest BCUT2D eigenvalue weighted by Crippen LogP contribution is -2.58. The third-order valence-electron chi connectivity index (χ3n) is 5.90. The Bertz CT molecular complexity index is 1110. The Morgan fingerprint density at radius 1 is 1.19 bits per heavy atom. The van der Waals surface area contributed by atoms with Gasteiger partial charge in [0.05, 0.1) is 24.8 Å².